The van der Waals surface area contributed by atoms with Crippen molar-refractivity contribution in [2.24, 2.45) is 0 Å². The highest BCUT2D eigenvalue weighted by Crippen LogP contribution is 2.42. The fraction of sp³-hybridized carbons (Fsp3) is 0.625. The van der Waals surface area contributed by atoms with E-state index in [0.717, 1.165) is 36.0 Å². The molecule has 3 heterocycles. The number of hydrogen-bond acceptors (Lipinski definition) is 5. The van der Waals surface area contributed by atoms with Gasteiger partial charge < -0.3 is 4.90 Å². The number of anilines is 1. The summed E-state index contributed by atoms with van der Waals surface area (Å²) in [6.45, 7) is 4.19. The molecule has 1 aliphatic carbocycles. The van der Waals surface area contributed by atoms with E-state index in [1.807, 2.05) is 13.1 Å². The molecule has 0 N–H and O–H groups in total. The van der Waals surface area contributed by atoms with Gasteiger partial charge in [0.05, 0.1) is 12.2 Å². The minimum Gasteiger partial charge on any atom is -0.342 e. The van der Waals surface area contributed by atoms with Crippen LogP contribution < -0.4 is 4.90 Å². The van der Waals surface area contributed by atoms with Crippen molar-refractivity contribution in [3.05, 3.63) is 24.2 Å². The topological polar surface area (TPSA) is 59.7 Å². The summed E-state index contributed by atoms with van der Waals surface area (Å²) in [4.78, 5) is 11.7. The average Bonchev–Trinajstić information content (AvgIpc) is 3.18. The van der Waals surface area contributed by atoms with Gasteiger partial charge in [-0.2, -0.15) is 0 Å². The van der Waals surface area contributed by atoms with Gasteiger partial charge in [-0.25, -0.2) is 9.97 Å². The molecule has 116 valence electrons. The van der Waals surface area contributed by atoms with Crippen molar-refractivity contribution in [2.45, 2.75) is 64.5 Å². The Kier molecular flexibility index (Phi) is 3.32. The van der Waals surface area contributed by atoms with E-state index in [4.69, 9.17) is 4.98 Å². The van der Waals surface area contributed by atoms with Crippen molar-refractivity contribution in [2.75, 3.05) is 4.90 Å². The molecule has 6 heteroatoms. The molecule has 2 aliphatic rings. The lowest BCUT2D eigenvalue weighted by Crippen LogP contribution is -2.42. The number of fused-ring (bicyclic) bond motifs is 3. The normalized spacial score (nSPS) is 21.0. The molecule has 1 aliphatic heterocycles. The Morgan fingerprint density at radius 2 is 2.09 bits per heavy atom. The summed E-state index contributed by atoms with van der Waals surface area (Å²) in [5.41, 5.74) is 1.02. The first kappa shape index (κ1) is 13.7. The SMILES string of the molecule is CCC[C@@H]1c2nncn2-c2cnc(C)nc2N1C1CCCC1. The van der Waals surface area contributed by atoms with Gasteiger partial charge in [0.15, 0.2) is 11.6 Å². The van der Waals surface area contributed by atoms with Gasteiger partial charge in [0.25, 0.3) is 0 Å². The van der Waals surface area contributed by atoms with Crippen LogP contribution in [0.4, 0.5) is 5.82 Å². The molecule has 1 fully saturated rings. The van der Waals surface area contributed by atoms with Gasteiger partial charge >= 0.3 is 0 Å². The maximum atomic E-state index is 4.79. The molecule has 0 aromatic carbocycles. The molecule has 0 bridgehead atoms. The Labute approximate surface area is 130 Å². The molecule has 2 aromatic rings. The summed E-state index contributed by atoms with van der Waals surface area (Å²) in [7, 11) is 0. The molecule has 1 saturated carbocycles. The first-order valence-electron chi connectivity index (χ1n) is 8.32. The van der Waals surface area contributed by atoms with E-state index in [1.54, 1.807) is 6.33 Å². The zero-order valence-corrected chi connectivity index (χ0v) is 13.2. The summed E-state index contributed by atoms with van der Waals surface area (Å²) in [5, 5.41) is 8.56. The molecular weight excluding hydrogens is 276 g/mol. The zero-order chi connectivity index (χ0) is 15.1. The van der Waals surface area contributed by atoms with Crippen molar-refractivity contribution in [3.63, 3.8) is 0 Å². The van der Waals surface area contributed by atoms with Gasteiger partial charge in [0.2, 0.25) is 0 Å². The summed E-state index contributed by atoms with van der Waals surface area (Å²) >= 11 is 0. The molecule has 0 spiro atoms. The highest BCUT2D eigenvalue weighted by atomic mass is 15.4. The Balaban J connectivity index is 1.89. The Hall–Kier alpha value is -1.98. The highest BCUT2D eigenvalue weighted by Gasteiger charge is 2.38. The van der Waals surface area contributed by atoms with Crippen LogP contribution in [0.25, 0.3) is 5.69 Å². The smallest absolute Gasteiger partial charge is 0.160 e. The van der Waals surface area contributed by atoms with Gasteiger partial charge in [0, 0.05) is 6.04 Å². The molecule has 2 aromatic heterocycles. The lowest BCUT2D eigenvalue weighted by Gasteiger charge is -2.41. The Morgan fingerprint density at radius 1 is 1.27 bits per heavy atom. The summed E-state index contributed by atoms with van der Waals surface area (Å²) in [5.74, 6) is 2.92. The van der Waals surface area contributed by atoms with E-state index in [0.29, 0.717) is 6.04 Å². The highest BCUT2D eigenvalue weighted by molar-refractivity contribution is 5.61. The fourth-order valence-corrected chi connectivity index (χ4v) is 3.89. The summed E-state index contributed by atoms with van der Waals surface area (Å²) in [6.07, 6.45) is 11.0. The van der Waals surface area contributed by atoms with E-state index in [1.165, 1.54) is 25.7 Å². The second kappa shape index (κ2) is 5.34. The van der Waals surface area contributed by atoms with Gasteiger partial charge in [-0.05, 0) is 26.2 Å². The van der Waals surface area contributed by atoms with E-state index in [2.05, 4.69) is 31.6 Å². The molecule has 0 radical (unpaired) electrons. The minimum atomic E-state index is 0.275. The fourth-order valence-electron chi connectivity index (χ4n) is 3.89. The first-order valence-corrected chi connectivity index (χ1v) is 8.32. The molecule has 1 atom stereocenters. The van der Waals surface area contributed by atoms with Crippen LogP contribution >= 0.6 is 0 Å². The van der Waals surface area contributed by atoms with Crippen LogP contribution in [-0.4, -0.2) is 30.8 Å². The molecule has 0 saturated heterocycles. The maximum Gasteiger partial charge on any atom is 0.160 e. The van der Waals surface area contributed by atoms with E-state index < -0.39 is 0 Å². The quantitative estimate of drug-likeness (QED) is 0.872. The van der Waals surface area contributed by atoms with Crippen LogP contribution in [0.5, 0.6) is 0 Å². The van der Waals surface area contributed by atoms with Gasteiger partial charge in [-0.3, -0.25) is 4.57 Å². The predicted molar refractivity (Wildman–Crippen MR) is 84.1 cm³/mol. The second-order valence-corrected chi connectivity index (χ2v) is 6.34. The van der Waals surface area contributed by atoms with E-state index in [-0.39, 0.29) is 6.04 Å². The number of aromatic nitrogens is 5. The number of nitrogens with zero attached hydrogens (tertiary/aromatic N) is 6. The Morgan fingerprint density at radius 3 is 2.86 bits per heavy atom. The second-order valence-electron chi connectivity index (χ2n) is 6.34. The van der Waals surface area contributed by atoms with Crippen LogP contribution in [0, 0.1) is 6.92 Å². The molecule has 0 unspecified atom stereocenters. The molecule has 22 heavy (non-hydrogen) atoms. The van der Waals surface area contributed by atoms with E-state index in [9.17, 15) is 0 Å². The standard InChI is InChI=1S/C16H22N6/c1-3-6-13-16-20-18-10-21(16)14-9-17-11(2)19-15(14)22(13)12-7-4-5-8-12/h9-10,12-13H,3-8H2,1-2H3/t13-/m1/s1. The zero-order valence-electron chi connectivity index (χ0n) is 13.2. The lowest BCUT2D eigenvalue weighted by molar-refractivity contribution is 0.452. The lowest BCUT2D eigenvalue weighted by atomic mass is 10.0. The van der Waals surface area contributed by atoms with Gasteiger partial charge in [-0.15, -0.1) is 10.2 Å². The monoisotopic (exact) mass is 298 g/mol. The number of aryl methyl sites for hydroxylation is 1. The largest absolute Gasteiger partial charge is 0.342 e. The Bertz CT molecular complexity index is 673. The van der Waals surface area contributed by atoms with Crippen molar-refractivity contribution in [1.29, 1.82) is 0 Å². The molecular formula is C16H22N6. The number of rotatable bonds is 3. The molecule has 6 nitrogen and oxygen atoms in total. The minimum absolute atomic E-state index is 0.275. The predicted octanol–water partition coefficient (Wildman–Crippen LogP) is 2.97. The molecule has 4 rings (SSSR count). The first-order chi connectivity index (χ1) is 10.8. The average molecular weight is 298 g/mol. The van der Waals surface area contributed by atoms with Crippen molar-refractivity contribution < 1.29 is 0 Å². The third kappa shape index (κ3) is 2.01. The van der Waals surface area contributed by atoms with Gasteiger partial charge in [0.1, 0.15) is 17.8 Å². The summed E-state index contributed by atoms with van der Waals surface area (Å²) < 4.78 is 2.07. The van der Waals surface area contributed by atoms with Crippen molar-refractivity contribution >= 4 is 5.82 Å². The van der Waals surface area contributed by atoms with Crippen molar-refractivity contribution in [3.8, 4) is 5.69 Å². The van der Waals surface area contributed by atoms with Crippen LogP contribution in [0.15, 0.2) is 12.5 Å². The number of hydrogen-bond donors (Lipinski definition) is 0. The third-order valence-corrected chi connectivity index (χ3v) is 4.86. The van der Waals surface area contributed by atoms with Crippen LogP contribution in [-0.2, 0) is 0 Å². The maximum absolute atomic E-state index is 4.79. The van der Waals surface area contributed by atoms with Gasteiger partial charge in [-0.1, -0.05) is 26.2 Å². The van der Waals surface area contributed by atoms with E-state index >= 15 is 0 Å². The van der Waals surface area contributed by atoms with Crippen LogP contribution in [0.3, 0.4) is 0 Å². The third-order valence-electron chi connectivity index (χ3n) is 4.86. The van der Waals surface area contributed by atoms with Crippen LogP contribution in [0.2, 0.25) is 0 Å². The van der Waals surface area contributed by atoms with Crippen molar-refractivity contribution in [1.82, 2.24) is 24.7 Å². The molecule has 0 amide bonds. The van der Waals surface area contributed by atoms with Crippen LogP contribution in [0.1, 0.15) is 63.1 Å². The summed E-state index contributed by atoms with van der Waals surface area (Å²) in [6, 6.07) is 0.840.